The van der Waals surface area contributed by atoms with Crippen LogP contribution in [0, 0.1) is 6.92 Å². The number of aromatic nitrogens is 2. The van der Waals surface area contributed by atoms with E-state index in [0.29, 0.717) is 21.7 Å². The van der Waals surface area contributed by atoms with Gasteiger partial charge in [0.1, 0.15) is 0 Å². The van der Waals surface area contributed by atoms with E-state index in [1.165, 1.54) is 13.1 Å². The van der Waals surface area contributed by atoms with Crippen LogP contribution in [0.3, 0.4) is 0 Å². The fourth-order valence-corrected chi connectivity index (χ4v) is 2.47. The van der Waals surface area contributed by atoms with Crippen molar-refractivity contribution in [3.63, 3.8) is 0 Å². The molecular formula is C19H16ClN3O3. The lowest BCUT2D eigenvalue weighted by Gasteiger charge is -2.14. The molecule has 1 atom stereocenters. The zero-order valence-corrected chi connectivity index (χ0v) is 14.9. The Morgan fingerprint density at radius 3 is 2.65 bits per heavy atom. The molecule has 7 heteroatoms. The number of anilines is 1. The Morgan fingerprint density at radius 2 is 1.88 bits per heavy atom. The number of para-hydroxylation sites is 2. The highest BCUT2D eigenvalue weighted by molar-refractivity contribution is 6.31. The molecule has 0 spiro atoms. The smallest absolute Gasteiger partial charge is 0.359 e. The molecule has 0 radical (unpaired) electrons. The average molecular weight is 370 g/mol. The van der Waals surface area contributed by atoms with Crippen molar-refractivity contribution in [2.75, 3.05) is 5.32 Å². The summed E-state index contributed by atoms with van der Waals surface area (Å²) in [5.41, 5.74) is 2.71. The SMILES string of the molecule is Cc1ccc(Cl)cc1NC(=O)C(C)OC(=O)c1cnc2ccccc2n1. The fourth-order valence-electron chi connectivity index (χ4n) is 2.29. The largest absolute Gasteiger partial charge is 0.448 e. The number of aryl methyl sites for hydroxylation is 1. The molecule has 1 N–H and O–H groups in total. The minimum Gasteiger partial charge on any atom is -0.448 e. The van der Waals surface area contributed by atoms with Gasteiger partial charge in [-0.2, -0.15) is 0 Å². The lowest BCUT2D eigenvalue weighted by atomic mass is 10.2. The lowest BCUT2D eigenvalue weighted by molar-refractivity contribution is -0.123. The van der Waals surface area contributed by atoms with E-state index in [2.05, 4.69) is 15.3 Å². The minimum absolute atomic E-state index is 0.0438. The zero-order valence-electron chi connectivity index (χ0n) is 14.2. The summed E-state index contributed by atoms with van der Waals surface area (Å²) in [5, 5.41) is 3.20. The predicted octanol–water partition coefficient (Wildman–Crippen LogP) is 3.78. The number of hydrogen-bond donors (Lipinski definition) is 1. The van der Waals surface area contributed by atoms with Crippen LogP contribution in [0.4, 0.5) is 5.69 Å². The predicted molar refractivity (Wildman–Crippen MR) is 99.2 cm³/mol. The number of fused-ring (bicyclic) bond motifs is 1. The van der Waals surface area contributed by atoms with Gasteiger partial charge in [-0.15, -0.1) is 0 Å². The Balaban J connectivity index is 1.69. The molecule has 0 saturated carbocycles. The van der Waals surface area contributed by atoms with Gasteiger partial charge < -0.3 is 10.1 Å². The van der Waals surface area contributed by atoms with E-state index >= 15 is 0 Å². The van der Waals surface area contributed by atoms with Gasteiger partial charge in [0.2, 0.25) is 0 Å². The topological polar surface area (TPSA) is 81.2 Å². The molecule has 3 rings (SSSR count). The number of esters is 1. The molecule has 0 aliphatic heterocycles. The summed E-state index contributed by atoms with van der Waals surface area (Å²) in [7, 11) is 0. The van der Waals surface area contributed by atoms with E-state index in [1.54, 1.807) is 36.4 Å². The maximum Gasteiger partial charge on any atom is 0.359 e. The molecule has 132 valence electrons. The summed E-state index contributed by atoms with van der Waals surface area (Å²) >= 11 is 5.94. The van der Waals surface area contributed by atoms with Gasteiger partial charge >= 0.3 is 5.97 Å². The second-order valence-electron chi connectivity index (χ2n) is 5.74. The van der Waals surface area contributed by atoms with Crippen molar-refractivity contribution >= 4 is 40.2 Å². The molecule has 0 aliphatic carbocycles. The van der Waals surface area contributed by atoms with Crippen LogP contribution in [-0.2, 0) is 9.53 Å². The van der Waals surface area contributed by atoms with E-state index in [0.717, 1.165) is 5.56 Å². The third-order valence-corrected chi connectivity index (χ3v) is 4.00. The van der Waals surface area contributed by atoms with Crippen LogP contribution in [0.15, 0.2) is 48.7 Å². The van der Waals surface area contributed by atoms with Crippen molar-refractivity contribution in [3.05, 3.63) is 64.9 Å². The van der Waals surface area contributed by atoms with Gasteiger partial charge in [-0.05, 0) is 43.7 Å². The first-order valence-corrected chi connectivity index (χ1v) is 8.31. The van der Waals surface area contributed by atoms with Crippen molar-refractivity contribution < 1.29 is 14.3 Å². The molecule has 1 heterocycles. The summed E-state index contributed by atoms with van der Waals surface area (Å²) in [5.74, 6) is -1.17. The van der Waals surface area contributed by atoms with E-state index in [-0.39, 0.29) is 5.69 Å². The van der Waals surface area contributed by atoms with Crippen LogP contribution >= 0.6 is 11.6 Å². The summed E-state index contributed by atoms with van der Waals surface area (Å²) in [6.45, 7) is 3.33. The molecule has 26 heavy (non-hydrogen) atoms. The Bertz CT molecular complexity index is 991. The van der Waals surface area contributed by atoms with Crippen molar-refractivity contribution in [2.24, 2.45) is 0 Å². The molecule has 0 fully saturated rings. The number of carbonyl (C=O) groups is 2. The first-order valence-electron chi connectivity index (χ1n) is 7.94. The van der Waals surface area contributed by atoms with E-state index in [4.69, 9.17) is 16.3 Å². The third-order valence-electron chi connectivity index (χ3n) is 3.77. The molecule has 0 bridgehead atoms. The summed E-state index contributed by atoms with van der Waals surface area (Å²) in [6.07, 6.45) is 0.324. The quantitative estimate of drug-likeness (QED) is 0.708. The number of ether oxygens (including phenoxy) is 1. The highest BCUT2D eigenvalue weighted by Crippen LogP contribution is 2.20. The summed E-state index contributed by atoms with van der Waals surface area (Å²) < 4.78 is 5.20. The van der Waals surface area contributed by atoms with Gasteiger partial charge in [-0.25, -0.2) is 9.78 Å². The Hall–Kier alpha value is -2.99. The van der Waals surface area contributed by atoms with Gasteiger partial charge in [0.15, 0.2) is 11.8 Å². The Labute approximate surface area is 155 Å². The van der Waals surface area contributed by atoms with Crippen molar-refractivity contribution in [1.82, 2.24) is 9.97 Å². The molecule has 1 unspecified atom stereocenters. The number of benzene rings is 2. The normalized spacial score (nSPS) is 11.8. The van der Waals surface area contributed by atoms with Gasteiger partial charge in [-0.3, -0.25) is 9.78 Å². The number of nitrogens with one attached hydrogen (secondary N) is 1. The second kappa shape index (κ2) is 7.49. The van der Waals surface area contributed by atoms with Gasteiger partial charge in [0.05, 0.1) is 17.2 Å². The average Bonchev–Trinajstić information content (AvgIpc) is 2.64. The molecule has 2 aromatic carbocycles. The van der Waals surface area contributed by atoms with Gasteiger partial charge in [0, 0.05) is 10.7 Å². The number of nitrogens with zero attached hydrogens (tertiary/aromatic N) is 2. The highest BCUT2D eigenvalue weighted by Gasteiger charge is 2.21. The number of rotatable bonds is 4. The van der Waals surface area contributed by atoms with E-state index in [1.807, 2.05) is 13.0 Å². The van der Waals surface area contributed by atoms with Gasteiger partial charge in [0.25, 0.3) is 5.91 Å². The zero-order chi connectivity index (χ0) is 18.7. The molecule has 1 amide bonds. The molecular weight excluding hydrogens is 354 g/mol. The molecule has 0 aliphatic rings. The second-order valence-corrected chi connectivity index (χ2v) is 6.18. The molecule has 0 saturated heterocycles. The van der Waals surface area contributed by atoms with Crippen LogP contribution in [0.5, 0.6) is 0 Å². The van der Waals surface area contributed by atoms with Crippen molar-refractivity contribution in [1.29, 1.82) is 0 Å². The van der Waals surface area contributed by atoms with Crippen LogP contribution in [0.2, 0.25) is 5.02 Å². The lowest BCUT2D eigenvalue weighted by Crippen LogP contribution is -2.30. The van der Waals surface area contributed by atoms with Crippen LogP contribution in [0.1, 0.15) is 23.0 Å². The van der Waals surface area contributed by atoms with Crippen molar-refractivity contribution in [3.8, 4) is 0 Å². The number of amides is 1. The standard InChI is InChI=1S/C19H16ClN3O3/c1-11-7-8-13(20)9-16(11)23-18(24)12(2)26-19(25)17-10-21-14-5-3-4-6-15(14)22-17/h3-10,12H,1-2H3,(H,23,24). The third kappa shape index (κ3) is 3.97. The van der Waals surface area contributed by atoms with Crippen LogP contribution in [-0.4, -0.2) is 27.9 Å². The van der Waals surface area contributed by atoms with Crippen LogP contribution < -0.4 is 5.32 Å². The first kappa shape index (κ1) is 17.8. The maximum absolute atomic E-state index is 12.3. The van der Waals surface area contributed by atoms with Gasteiger partial charge in [-0.1, -0.05) is 29.8 Å². The maximum atomic E-state index is 12.3. The summed E-state index contributed by atoms with van der Waals surface area (Å²) in [4.78, 5) is 32.9. The van der Waals surface area contributed by atoms with E-state index in [9.17, 15) is 9.59 Å². The molecule has 6 nitrogen and oxygen atoms in total. The number of carbonyl (C=O) groups excluding carboxylic acids is 2. The highest BCUT2D eigenvalue weighted by atomic mass is 35.5. The monoisotopic (exact) mass is 369 g/mol. The number of halogens is 1. The number of hydrogen-bond acceptors (Lipinski definition) is 5. The van der Waals surface area contributed by atoms with Crippen LogP contribution in [0.25, 0.3) is 11.0 Å². The van der Waals surface area contributed by atoms with Crippen molar-refractivity contribution in [2.45, 2.75) is 20.0 Å². The Kier molecular flexibility index (Phi) is 5.14. The Morgan fingerprint density at radius 1 is 1.15 bits per heavy atom. The molecule has 3 aromatic rings. The fraction of sp³-hybridized carbons (Fsp3) is 0.158. The first-order chi connectivity index (χ1) is 12.4. The van der Waals surface area contributed by atoms with E-state index < -0.39 is 18.0 Å². The minimum atomic E-state index is -1.01. The summed E-state index contributed by atoms with van der Waals surface area (Å²) in [6, 6.07) is 12.3. The molecule has 1 aromatic heterocycles.